The van der Waals surface area contributed by atoms with Crippen LogP contribution in [0.1, 0.15) is 11.1 Å². The Bertz CT molecular complexity index is 437. The standard InChI is InChI=1S/C14H14ClN/c15-14(16,13-9-5-2-6-10-13)11-12-7-3-1-4-8-12/h1-10H,11,16H2. The van der Waals surface area contributed by atoms with Crippen LogP contribution in [0.3, 0.4) is 0 Å². The predicted molar refractivity (Wildman–Crippen MR) is 68.3 cm³/mol. The second kappa shape index (κ2) is 4.69. The summed E-state index contributed by atoms with van der Waals surface area (Å²) in [5.41, 5.74) is 8.22. The molecule has 0 spiro atoms. The minimum atomic E-state index is -0.831. The van der Waals surface area contributed by atoms with Crippen LogP contribution in [0, 0.1) is 0 Å². The van der Waals surface area contributed by atoms with Gasteiger partial charge in [-0.2, -0.15) is 0 Å². The number of benzene rings is 2. The largest absolute Gasteiger partial charge is 0.309 e. The van der Waals surface area contributed by atoms with Gasteiger partial charge in [0.05, 0.1) is 0 Å². The molecule has 2 aromatic carbocycles. The molecule has 82 valence electrons. The highest BCUT2D eigenvalue weighted by atomic mass is 35.5. The molecule has 0 fully saturated rings. The van der Waals surface area contributed by atoms with Crippen LogP contribution < -0.4 is 5.73 Å². The van der Waals surface area contributed by atoms with Crippen molar-refractivity contribution in [3.63, 3.8) is 0 Å². The van der Waals surface area contributed by atoms with Gasteiger partial charge in [0.1, 0.15) is 5.00 Å². The van der Waals surface area contributed by atoms with E-state index in [2.05, 4.69) is 0 Å². The molecule has 0 saturated carbocycles. The van der Waals surface area contributed by atoms with E-state index in [0.717, 1.165) is 11.1 Å². The molecule has 1 nitrogen and oxygen atoms in total. The lowest BCUT2D eigenvalue weighted by Crippen LogP contribution is -2.32. The Morgan fingerprint density at radius 2 is 1.38 bits per heavy atom. The van der Waals surface area contributed by atoms with E-state index in [1.165, 1.54) is 0 Å². The van der Waals surface area contributed by atoms with Gasteiger partial charge in [-0.1, -0.05) is 72.3 Å². The highest BCUT2D eigenvalue weighted by molar-refractivity contribution is 6.23. The van der Waals surface area contributed by atoms with Crippen LogP contribution in [0.2, 0.25) is 0 Å². The highest BCUT2D eigenvalue weighted by Gasteiger charge is 2.23. The minimum Gasteiger partial charge on any atom is -0.309 e. The Balaban J connectivity index is 2.21. The molecule has 0 aliphatic carbocycles. The van der Waals surface area contributed by atoms with Crippen LogP contribution in [0.5, 0.6) is 0 Å². The molecule has 0 radical (unpaired) electrons. The molecule has 2 rings (SSSR count). The van der Waals surface area contributed by atoms with Crippen LogP contribution in [0.25, 0.3) is 0 Å². The molecule has 2 heteroatoms. The summed E-state index contributed by atoms with van der Waals surface area (Å²) in [6.45, 7) is 0. The van der Waals surface area contributed by atoms with Crippen LogP contribution in [0.4, 0.5) is 0 Å². The van der Waals surface area contributed by atoms with Gasteiger partial charge in [-0.05, 0) is 11.1 Å². The Hall–Kier alpha value is -1.31. The Morgan fingerprint density at radius 3 is 1.94 bits per heavy atom. The SMILES string of the molecule is NC(Cl)(Cc1ccccc1)c1ccccc1. The Morgan fingerprint density at radius 1 is 0.875 bits per heavy atom. The molecule has 0 aromatic heterocycles. The Kier molecular flexibility index (Phi) is 3.28. The van der Waals surface area contributed by atoms with Gasteiger partial charge in [-0.15, -0.1) is 0 Å². The fourth-order valence-corrected chi connectivity index (χ4v) is 1.99. The number of alkyl halides is 1. The van der Waals surface area contributed by atoms with E-state index in [-0.39, 0.29) is 0 Å². The molecule has 1 unspecified atom stereocenters. The van der Waals surface area contributed by atoms with Gasteiger partial charge in [-0.3, -0.25) is 0 Å². The van der Waals surface area contributed by atoms with Crippen LogP contribution in [-0.2, 0) is 11.4 Å². The second-order valence-electron chi connectivity index (χ2n) is 3.89. The zero-order chi connectivity index (χ0) is 11.4. The molecular formula is C14H14ClN. The summed E-state index contributed by atoms with van der Waals surface area (Å²) in [7, 11) is 0. The van der Waals surface area contributed by atoms with Crippen molar-refractivity contribution in [1.82, 2.24) is 0 Å². The van der Waals surface area contributed by atoms with Gasteiger partial charge in [0.15, 0.2) is 0 Å². The molecule has 2 aromatic rings. The predicted octanol–water partition coefficient (Wildman–Crippen LogP) is 3.28. The monoisotopic (exact) mass is 231 g/mol. The van der Waals surface area contributed by atoms with Crippen molar-refractivity contribution in [1.29, 1.82) is 0 Å². The van der Waals surface area contributed by atoms with Gasteiger partial charge in [0.2, 0.25) is 0 Å². The summed E-state index contributed by atoms with van der Waals surface area (Å²) in [6, 6.07) is 19.8. The average molecular weight is 232 g/mol. The molecule has 0 saturated heterocycles. The van der Waals surface area contributed by atoms with E-state index < -0.39 is 5.00 Å². The highest BCUT2D eigenvalue weighted by Crippen LogP contribution is 2.26. The number of nitrogens with two attached hydrogens (primary N) is 1. The maximum atomic E-state index is 6.37. The maximum Gasteiger partial charge on any atom is 0.121 e. The zero-order valence-electron chi connectivity index (χ0n) is 8.94. The van der Waals surface area contributed by atoms with Crippen LogP contribution >= 0.6 is 11.6 Å². The van der Waals surface area contributed by atoms with Crippen molar-refractivity contribution in [3.8, 4) is 0 Å². The van der Waals surface area contributed by atoms with Crippen LogP contribution in [-0.4, -0.2) is 0 Å². The molecule has 2 N–H and O–H groups in total. The third kappa shape index (κ3) is 2.63. The first-order valence-corrected chi connectivity index (χ1v) is 5.63. The summed E-state index contributed by atoms with van der Waals surface area (Å²) < 4.78 is 0. The van der Waals surface area contributed by atoms with E-state index in [1.807, 2.05) is 60.7 Å². The molecule has 1 atom stereocenters. The quantitative estimate of drug-likeness (QED) is 0.637. The van der Waals surface area contributed by atoms with E-state index in [4.69, 9.17) is 17.3 Å². The maximum absolute atomic E-state index is 6.37. The summed E-state index contributed by atoms with van der Waals surface area (Å²) >= 11 is 6.37. The molecule has 0 aliphatic rings. The average Bonchev–Trinajstić information content (AvgIpc) is 2.31. The normalized spacial score (nSPS) is 14.4. The second-order valence-corrected chi connectivity index (χ2v) is 4.57. The fraction of sp³-hybridized carbons (Fsp3) is 0.143. The van der Waals surface area contributed by atoms with Gasteiger partial charge < -0.3 is 5.73 Å². The number of rotatable bonds is 3. The first-order chi connectivity index (χ1) is 7.68. The van der Waals surface area contributed by atoms with Crippen LogP contribution in [0.15, 0.2) is 60.7 Å². The lowest BCUT2D eigenvalue weighted by Gasteiger charge is -2.22. The lowest BCUT2D eigenvalue weighted by atomic mass is 9.99. The van der Waals surface area contributed by atoms with E-state index in [9.17, 15) is 0 Å². The smallest absolute Gasteiger partial charge is 0.121 e. The minimum absolute atomic E-state index is 0.624. The van der Waals surface area contributed by atoms with Crippen molar-refractivity contribution in [2.45, 2.75) is 11.4 Å². The zero-order valence-corrected chi connectivity index (χ0v) is 9.69. The van der Waals surface area contributed by atoms with Crippen molar-refractivity contribution >= 4 is 11.6 Å². The molecule has 0 aliphatic heterocycles. The van der Waals surface area contributed by atoms with Gasteiger partial charge in [0, 0.05) is 6.42 Å². The summed E-state index contributed by atoms with van der Waals surface area (Å²) in [6.07, 6.45) is 0.624. The molecule has 0 amide bonds. The topological polar surface area (TPSA) is 26.0 Å². The van der Waals surface area contributed by atoms with E-state index >= 15 is 0 Å². The number of halogens is 1. The molecule has 16 heavy (non-hydrogen) atoms. The van der Waals surface area contributed by atoms with Gasteiger partial charge in [0.25, 0.3) is 0 Å². The Labute approximate surface area is 101 Å². The van der Waals surface area contributed by atoms with Crippen molar-refractivity contribution in [2.75, 3.05) is 0 Å². The summed E-state index contributed by atoms with van der Waals surface area (Å²) in [4.78, 5) is -0.831. The van der Waals surface area contributed by atoms with Crippen molar-refractivity contribution in [2.24, 2.45) is 5.73 Å². The molecule has 0 heterocycles. The first kappa shape index (κ1) is 11.2. The van der Waals surface area contributed by atoms with Crippen molar-refractivity contribution < 1.29 is 0 Å². The van der Waals surface area contributed by atoms with E-state index in [0.29, 0.717) is 6.42 Å². The summed E-state index contributed by atoms with van der Waals surface area (Å²) in [5, 5.41) is 0. The fourth-order valence-electron chi connectivity index (χ4n) is 1.71. The third-order valence-electron chi connectivity index (χ3n) is 2.56. The lowest BCUT2D eigenvalue weighted by molar-refractivity contribution is 0.637. The van der Waals surface area contributed by atoms with E-state index in [1.54, 1.807) is 0 Å². The van der Waals surface area contributed by atoms with Gasteiger partial charge in [-0.25, -0.2) is 0 Å². The molecule has 0 bridgehead atoms. The van der Waals surface area contributed by atoms with Crippen molar-refractivity contribution in [3.05, 3.63) is 71.8 Å². The number of hydrogen-bond acceptors (Lipinski definition) is 1. The molecular weight excluding hydrogens is 218 g/mol. The summed E-state index contributed by atoms with van der Waals surface area (Å²) in [5.74, 6) is 0. The number of hydrogen-bond donors (Lipinski definition) is 1. The first-order valence-electron chi connectivity index (χ1n) is 5.26. The van der Waals surface area contributed by atoms with Gasteiger partial charge >= 0.3 is 0 Å². The third-order valence-corrected chi connectivity index (χ3v) is 2.91.